The Balaban J connectivity index is 0.000000136. The number of hydrogen-bond acceptors (Lipinski definition) is 4. The summed E-state index contributed by atoms with van der Waals surface area (Å²) in [4.78, 5) is 14.5. The lowest BCUT2D eigenvalue weighted by Gasteiger charge is -2.12. The summed E-state index contributed by atoms with van der Waals surface area (Å²) >= 11 is 1.89. The number of benzene rings is 12. The minimum absolute atomic E-state index is 0.654. The van der Waals surface area contributed by atoms with Gasteiger partial charge in [-0.1, -0.05) is 212 Å². The van der Waals surface area contributed by atoms with Gasteiger partial charge in [-0.2, -0.15) is 0 Å². The molecule has 0 aliphatic rings. The zero-order chi connectivity index (χ0) is 49.0. The Morgan fingerprint density at radius 2 is 0.662 bits per heavy atom. The van der Waals surface area contributed by atoms with E-state index in [1.54, 1.807) is 0 Å². The molecule has 3 aromatic heterocycles. The predicted octanol–water partition coefficient (Wildman–Crippen LogP) is 18.8. The number of rotatable bonds is 6. The van der Waals surface area contributed by atoms with Crippen molar-refractivity contribution in [1.82, 2.24) is 19.5 Å². The summed E-state index contributed by atoms with van der Waals surface area (Å²) in [6.07, 6.45) is 0. The zero-order valence-electron chi connectivity index (χ0n) is 40.1. The maximum Gasteiger partial charge on any atom is 0.164 e. The van der Waals surface area contributed by atoms with E-state index < -0.39 is 0 Å². The van der Waals surface area contributed by atoms with Crippen molar-refractivity contribution >= 4 is 85.6 Å². The summed E-state index contributed by atoms with van der Waals surface area (Å²) in [7, 11) is 0. The molecular weight excluding hydrogens is 917 g/mol. The predicted molar refractivity (Wildman–Crippen MR) is 313 cm³/mol. The summed E-state index contributed by atoms with van der Waals surface area (Å²) in [6.45, 7) is 0. The molecule has 346 valence electrons. The third kappa shape index (κ3) is 7.57. The van der Waals surface area contributed by atoms with E-state index >= 15 is 0 Å². The highest BCUT2D eigenvalue weighted by molar-refractivity contribution is 7.26. The van der Waals surface area contributed by atoms with E-state index in [9.17, 15) is 0 Å². The van der Waals surface area contributed by atoms with Crippen LogP contribution in [-0.2, 0) is 0 Å². The molecule has 0 amide bonds. The largest absolute Gasteiger partial charge is 0.309 e. The number of hydrogen-bond donors (Lipinski definition) is 0. The molecule has 0 N–H and O–H groups in total. The monoisotopic (exact) mass is 960 g/mol. The Labute approximate surface area is 431 Å². The number of para-hydroxylation sites is 2. The summed E-state index contributed by atoms with van der Waals surface area (Å²) in [5.41, 5.74) is 11.4. The third-order valence-electron chi connectivity index (χ3n) is 14.3. The van der Waals surface area contributed by atoms with Gasteiger partial charge in [0.15, 0.2) is 17.5 Å². The first kappa shape index (κ1) is 43.3. The van der Waals surface area contributed by atoms with E-state index in [2.05, 4.69) is 211 Å². The Hall–Kier alpha value is -9.55. The fourth-order valence-electron chi connectivity index (χ4n) is 10.8. The van der Waals surface area contributed by atoms with E-state index in [1.165, 1.54) is 96.5 Å². The molecule has 4 nitrogen and oxygen atoms in total. The first-order chi connectivity index (χ1) is 36.7. The molecule has 0 saturated carbocycles. The van der Waals surface area contributed by atoms with Gasteiger partial charge in [-0.15, -0.1) is 11.3 Å². The van der Waals surface area contributed by atoms with Gasteiger partial charge in [0.05, 0.1) is 11.0 Å². The molecule has 15 aromatic rings. The van der Waals surface area contributed by atoms with Crippen LogP contribution in [0.1, 0.15) is 0 Å². The van der Waals surface area contributed by atoms with Gasteiger partial charge in [-0.25, -0.2) is 15.0 Å². The van der Waals surface area contributed by atoms with Gasteiger partial charge in [-0.05, 0) is 109 Å². The van der Waals surface area contributed by atoms with Gasteiger partial charge in [0.2, 0.25) is 0 Å². The highest BCUT2D eigenvalue weighted by Crippen LogP contribution is 2.42. The quantitative estimate of drug-likeness (QED) is 0.156. The van der Waals surface area contributed by atoms with E-state index in [-0.39, 0.29) is 0 Å². The van der Waals surface area contributed by atoms with Gasteiger partial charge < -0.3 is 4.57 Å². The molecule has 0 aliphatic carbocycles. The van der Waals surface area contributed by atoms with Crippen molar-refractivity contribution < 1.29 is 0 Å². The van der Waals surface area contributed by atoms with Crippen molar-refractivity contribution in [2.75, 3.05) is 0 Å². The van der Waals surface area contributed by atoms with E-state index in [4.69, 9.17) is 15.0 Å². The lowest BCUT2D eigenvalue weighted by molar-refractivity contribution is 1.07. The fraction of sp³-hybridized carbons (Fsp3) is 0. The number of nitrogens with zero attached hydrogens (tertiary/aromatic N) is 4. The molecule has 3 heterocycles. The number of fused-ring (bicyclic) bond motifs is 12. The van der Waals surface area contributed by atoms with Gasteiger partial charge in [-0.3, -0.25) is 0 Å². The molecule has 0 atom stereocenters. The van der Waals surface area contributed by atoms with Crippen LogP contribution in [0.2, 0.25) is 0 Å². The van der Waals surface area contributed by atoms with E-state index in [0.29, 0.717) is 17.5 Å². The van der Waals surface area contributed by atoms with Gasteiger partial charge in [0.25, 0.3) is 0 Å². The molecule has 15 rings (SSSR count). The van der Waals surface area contributed by atoms with Crippen LogP contribution in [0.15, 0.2) is 267 Å². The van der Waals surface area contributed by atoms with Crippen LogP contribution >= 0.6 is 11.3 Å². The topological polar surface area (TPSA) is 43.6 Å². The van der Waals surface area contributed by atoms with Crippen LogP contribution < -0.4 is 0 Å². The normalized spacial score (nSPS) is 11.5. The van der Waals surface area contributed by atoms with Crippen LogP contribution in [0.3, 0.4) is 0 Å². The van der Waals surface area contributed by atoms with Crippen LogP contribution in [0, 0.1) is 0 Å². The molecule has 0 spiro atoms. The van der Waals surface area contributed by atoms with Crippen molar-refractivity contribution in [2.24, 2.45) is 0 Å². The Morgan fingerprint density at radius 3 is 1.26 bits per heavy atom. The first-order valence-corrected chi connectivity index (χ1v) is 25.8. The Kier molecular flexibility index (Phi) is 10.7. The van der Waals surface area contributed by atoms with Crippen LogP contribution in [0.5, 0.6) is 0 Å². The van der Waals surface area contributed by atoms with Gasteiger partial charge in [0.1, 0.15) is 0 Å². The minimum Gasteiger partial charge on any atom is -0.309 e. The lowest BCUT2D eigenvalue weighted by atomic mass is 9.91. The molecule has 0 unspecified atom stereocenters. The van der Waals surface area contributed by atoms with Crippen molar-refractivity contribution in [3.8, 4) is 62.1 Å². The summed E-state index contributed by atoms with van der Waals surface area (Å²) < 4.78 is 5.01. The second-order valence-electron chi connectivity index (χ2n) is 18.7. The van der Waals surface area contributed by atoms with Crippen molar-refractivity contribution in [3.63, 3.8) is 0 Å². The molecule has 0 saturated heterocycles. The van der Waals surface area contributed by atoms with Crippen molar-refractivity contribution in [1.29, 1.82) is 0 Å². The molecule has 0 fully saturated rings. The molecule has 12 aromatic carbocycles. The Morgan fingerprint density at radius 1 is 0.257 bits per heavy atom. The molecule has 0 bridgehead atoms. The number of thiophene rings is 1. The van der Waals surface area contributed by atoms with Crippen LogP contribution in [-0.4, -0.2) is 19.5 Å². The SMILES string of the molecule is c1cc(-c2ccc3c4ccccc4c4ccccc4c3c2)cc(-c2cccc3c2sc2ccccc23)c1.c1ccc(-c2nc(-c3ccccc3)nc(-c3ccc(-n4c5ccccc5c5ccccc54)cc3)n2)cc1. The average Bonchev–Trinajstić information content (AvgIpc) is 4.04. The highest BCUT2D eigenvalue weighted by Gasteiger charge is 2.16. The molecule has 74 heavy (non-hydrogen) atoms. The Bertz CT molecular complexity index is 4450. The van der Waals surface area contributed by atoms with Crippen LogP contribution in [0.25, 0.3) is 136 Å². The fourth-order valence-corrected chi connectivity index (χ4v) is 12.1. The van der Waals surface area contributed by atoms with E-state index in [0.717, 1.165) is 22.4 Å². The van der Waals surface area contributed by atoms with Gasteiger partial charge >= 0.3 is 0 Å². The second kappa shape index (κ2) is 18.2. The molecular formula is C69H44N4S. The lowest BCUT2D eigenvalue weighted by Crippen LogP contribution is -2.00. The smallest absolute Gasteiger partial charge is 0.164 e. The van der Waals surface area contributed by atoms with E-state index in [1.807, 2.05) is 72.0 Å². The first-order valence-electron chi connectivity index (χ1n) is 25.0. The average molecular weight is 961 g/mol. The maximum absolute atomic E-state index is 4.86. The number of aromatic nitrogens is 4. The molecule has 0 radical (unpaired) electrons. The van der Waals surface area contributed by atoms with Gasteiger partial charge in [0, 0.05) is 53.3 Å². The maximum atomic E-state index is 4.86. The summed E-state index contributed by atoms with van der Waals surface area (Å²) in [5.74, 6) is 1.98. The third-order valence-corrected chi connectivity index (χ3v) is 15.5. The second-order valence-corrected chi connectivity index (χ2v) is 19.7. The highest BCUT2D eigenvalue weighted by atomic mass is 32.1. The molecule has 5 heteroatoms. The van der Waals surface area contributed by atoms with Crippen molar-refractivity contribution in [3.05, 3.63) is 267 Å². The molecule has 0 aliphatic heterocycles. The minimum atomic E-state index is 0.654. The summed E-state index contributed by atoms with van der Waals surface area (Å²) in [6, 6.07) is 94.6. The standard InChI is InChI=1S/C36H22S.C33H22N4/c1-2-13-29-27(11-1)28-12-3-4-14-30(28)34-22-24(19-20-31(29)34)23-9-7-10-25(21-23)26-16-8-17-33-32-15-5-6-18-35(32)37-36(26)33;1-3-11-23(12-4-1)31-34-32(24-13-5-2-6-14-24)36-33(35-31)25-19-21-26(22-20-25)37-29-17-9-7-15-27(29)28-16-8-10-18-30(28)37/h2*1-22H. The van der Waals surface area contributed by atoms with Crippen molar-refractivity contribution in [2.45, 2.75) is 0 Å². The zero-order valence-corrected chi connectivity index (χ0v) is 40.9. The summed E-state index contributed by atoms with van der Waals surface area (Å²) in [5, 5.41) is 13.1. The van der Waals surface area contributed by atoms with Crippen LogP contribution in [0.4, 0.5) is 0 Å².